The molecule has 162 valence electrons. The molecule has 0 amide bonds. The van der Waals surface area contributed by atoms with Gasteiger partial charge in [0, 0.05) is 36.2 Å². The van der Waals surface area contributed by atoms with Crippen LogP contribution in [0.25, 0.3) is 16.4 Å². The van der Waals surface area contributed by atoms with Crippen molar-refractivity contribution >= 4 is 62.5 Å². The smallest absolute Gasteiger partial charge is 0.183 e. The Labute approximate surface area is 197 Å². The van der Waals surface area contributed by atoms with Gasteiger partial charge in [0.05, 0.1) is 26.8 Å². The molecular formula is C23H14Cl2FN7. The van der Waals surface area contributed by atoms with Gasteiger partial charge >= 0.3 is 0 Å². The summed E-state index contributed by atoms with van der Waals surface area (Å²) in [5, 5.41) is 22.3. The molecule has 0 fully saturated rings. The van der Waals surface area contributed by atoms with Crippen LogP contribution in [0.2, 0.25) is 10.0 Å². The van der Waals surface area contributed by atoms with Crippen LogP contribution in [0.3, 0.4) is 0 Å². The number of aromatic nitrogens is 4. The molecule has 0 bridgehead atoms. The highest BCUT2D eigenvalue weighted by Gasteiger charge is 2.18. The zero-order chi connectivity index (χ0) is 23.1. The summed E-state index contributed by atoms with van der Waals surface area (Å²) >= 11 is 12.5. The maximum atomic E-state index is 13.6. The molecule has 0 aliphatic carbocycles. The number of nitrogens with one attached hydrogen (secondary N) is 1. The number of pyridine rings is 2. The third kappa shape index (κ3) is 3.67. The number of hydrogen-bond acceptors (Lipinski definition) is 6. The van der Waals surface area contributed by atoms with Crippen molar-refractivity contribution in [2.75, 3.05) is 17.3 Å². The molecule has 2 aromatic carbocycles. The van der Waals surface area contributed by atoms with Crippen LogP contribution < -0.4 is 10.2 Å². The van der Waals surface area contributed by atoms with Crippen LogP contribution in [0.15, 0.2) is 60.9 Å². The number of rotatable bonds is 4. The average Bonchev–Trinajstić information content (AvgIpc) is 3.25. The first kappa shape index (κ1) is 20.9. The summed E-state index contributed by atoms with van der Waals surface area (Å²) in [5.74, 6) is 0.102. The molecule has 10 heteroatoms. The zero-order valence-electron chi connectivity index (χ0n) is 17.1. The van der Waals surface area contributed by atoms with Crippen LogP contribution in [0.4, 0.5) is 27.3 Å². The van der Waals surface area contributed by atoms with E-state index in [2.05, 4.69) is 26.7 Å². The monoisotopic (exact) mass is 477 g/mol. The Morgan fingerprint density at radius 1 is 1.12 bits per heavy atom. The van der Waals surface area contributed by atoms with Gasteiger partial charge in [0.25, 0.3) is 0 Å². The summed E-state index contributed by atoms with van der Waals surface area (Å²) in [4.78, 5) is 6.22. The van der Waals surface area contributed by atoms with Gasteiger partial charge < -0.3 is 10.2 Å². The van der Waals surface area contributed by atoms with Crippen molar-refractivity contribution in [2.45, 2.75) is 0 Å². The van der Waals surface area contributed by atoms with Gasteiger partial charge in [-0.3, -0.25) is 4.98 Å². The van der Waals surface area contributed by atoms with Crippen LogP contribution in [0, 0.1) is 17.1 Å². The van der Waals surface area contributed by atoms with Crippen LogP contribution in [-0.2, 0) is 0 Å². The molecule has 5 rings (SSSR count). The number of fused-ring (bicyclic) bond motifs is 2. The largest absolute Gasteiger partial charge is 0.354 e. The summed E-state index contributed by atoms with van der Waals surface area (Å²) in [7, 11) is 1.85. The van der Waals surface area contributed by atoms with E-state index < -0.39 is 5.82 Å². The van der Waals surface area contributed by atoms with Crippen molar-refractivity contribution in [3.63, 3.8) is 0 Å². The highest BCUT2D eigenvalue weighted by molar-refractivity contribution is 6.36. The van der Waals surface area contributed by atoms with E-state index in [0.29, 0.717) is 38.7 Å². The minimum atomic E-state index is -0.532. The van der Waals surface area contributed by atoms with Gasteiger partial charge in [-0.25, -0.2) is 8.91 Å². The van der Waals surface area contributed by atoms with Crippen LogP contribution in [-0.4, -0.2) is 26.9 Å². The lowest BCUT2D eigenvalue weighted by Crippen LogP contribution is -2.11. The number of nitrogens with zero attached hydrogens (tertiary/aromatic N) is 6. The lowest BCUT2D eigenvalue weighted by Gasteiger charge is -2.19. The number of halogens is 3. The van der Waals surface area contributed by atoms with Crippen LogP contribution in [0.5, 0.6) is 0 Å². The summed E-state index contributed by atoms with van der Waals surface area (Å²) in [6.45, 7) is 0. The molecule has 0 spiro atoms. The maximum Gasteiger partial charge on any atom is 0.183 e. The summed E-state index contributed by atoms with van der Waals surface area (Å²) in [6, 6.07) is 15.7. The van der Waals surface area contributed by atoms with E-state index >= 15 is 0 Å². The van der Waals surface area contributed by atoms with E-state index in [4.69, 9.17) is 23.2 Å². The second-order valence-corrected chi connectivity index (χ2v) is 8.05. The molecule has 1 N–H and O–H groups in total. The van der Waals surface area contributed by atoms with E-state index in [-0.39, 0.29) is 5.02 Å². The summed E-state index contributed by atoms with van der Waals surface area (Å²) in [5.41, 5.74) is 3.35. The van der Waals surface area contributed by atoms with Crippen LogP contribution >= 0.6 is 23.2 Å². The predicted octanol–water partition coefficient (Wildman–Crippen LogP) is 6.11. The third-order valence-electron chi connectivity index (χ3n) is 5.23. The molecule has 0 saturated carbocycles. The Morgan fingerprint density at radius 2 is 1.97 bits per heavy atom. The van der Waals surface area contributed by atoms with E-state index in [0.717, 1.165) is 11.2 Å². The standard InChI is InChI=1S/C23H14Cl2FN7/c1-32(23-20-4-2-3-7-33(20)31-30-23)15-9-16-21(29-14-5-6-19(26)17(24)8-14)13(11-27)12-28-22(16)18(25)10-15/h2-10,12H,1H3,(H,28,29). The highest BCUT2D eigenvalue weighted by Crippen LogP contribution is 2.38. The Balaban J connectivity index is 1.67. The minimum Gasteiger partial charge on any atom is -0.354 e. The minimum absolute atomic E-state index is 0.0329. The van der Waals surface area contributed by atoms with Crippen molar-refractivity contribution in [1.82, 2.24) is 19.8 Å². The van der Waals surface area contributed by atoms with Gasteiger partial charge in [0.15, 0.2) is 5.82 Å². The van der Waals surface area contributed by atoms with E-state index in [1.54, 1.807) is 10.6 Å². The quantitative estimate of drug-likeness (QED) is 0.336. The fourth-order valence-corrected chi connectivity index (χ4v) is 4.01. The van der Waals surface area contributed by atoms with Gasteiger partial charge in [0.2, 0.25) is 0 Å². The van der Waals surface area contributed by atoms with Crippen molar-refractivity contribution in [3.8, 4) is 6.07 Å². The number of hydrogen-bond donors (Lipinski definition) is 1. The van der Waals surface area contributed by atoms with E-state index in [9.17, 15) is 9.65 Å². The molecule has 0 radical (unpaired) electrons. The van der Waals surface area contributed by atoms with Crippen molar-refractivity contribution < 1.29 is 4.39 Å². The molecule has 0 saturated heterocycles. The van der Waals surface area contributed by atoms with Crippen molar-refractivity contribution in [3.05, 3.63) is 82.4 Å². The van der Waals surface area contributed by atoms with Crippen LogP contribution in [0.1, 0.15) is 5.56 Å². The van der Waals surface area contributed by atoms with Crippen molar-refractivity contribution in [2.24, 2.45) is 0 Å². The highest BCUT2D eigenvalue weighted by atomic mass is 35.5. The lowest BCUT2D eigenvalue weighted by atomic mass is 10.1. The molecule has 5 aromatic rings. The van der Waals surface area contributed by atoms with Gasteiger partial charge in [-0.2, -0.15) is 5.26 Å². The average molecular weight is 478 g/mol. The van der Waals surface area contributed by atoms with Gasteiger partial charge in [0.1, 0.15) is 17.4 Å². The summed E-state index contributed by atoms with van der Waals surface area (Å²) in [6.07, 6.45) is 3.25. The summed E-state index contributed by atoms with van der Waals surface area (Å²) < 4.78 is 15.3. The topological polar surface area (TPSA) is 82.1 Å². The first-order valence-corrected chi connectivity index (χ1v) is 10.5. The molecule has 33 heavy (non-hydrogen) atoms. The van der Waals surface area contributed by atoms with Gasteiger partial charge in [-0.05, 0) is 42.5 Å². The molecule has 0 aliphatic heterocycles. The number of nitriles is 1. The first-order chi connectivity index (χ1) is 16.0. The van der Waals surface area contributed by atoms with Crippen molar-refractivity contribution in [1.29, 1.82) is 5.26 Å². The second kappa shape index (κ2) is 8.20. The Bertz CT molecular complexity index is 1580. The van der Waals surface area contributed by atoms with E-state index in [1.165, 1.54) is 24.4 Å². The molecule has 3 aromatic heterocycles. The molecule has 7 nitrogen and oxygen atoms in total. The van der Waals surface area contributed by atoms with E-state index in [1.807, 2.05) is 42.4 Å². The van der Waals surface area contributed by atoms with Gasteiger partial charge in [-0.15, -0.1) is 5.10 Å². The van der Waals surface area contributed by atoms with Gasteiger partial charge in [-0.1, -0.05) is 34.5 Å². The molecular weight excluding hydrogens is 464 g/mol. The maximum absolute atomic E-state index is 13.6. The zero-order valence-corrected chi connectivity index (χ0v) is 18.6. The number of anilines is 4. The predicted molar refractivity (Wildman–Crippen MR) is 127 cm³/mol. The fourth-order valence-electron chi connectivity index (χ4n) is 3.57. The lowest BCUT2D eigenvalue weighted by molar-refractivity contribution is 0.628. The molecule has 0 atom stereocenters. The molecule has 3 heterocycles. The second-order valence-electron chi connectivity index (χ2n) is 7.24. The Kier molecular flexibility index (Phi) is 5.21. The molecule has 0 unspecified atom stereocenters. The normalized spacial score (nSPS) is 11.0. The third-order valence-corrected chi connectivity index (χ3v) is 5.81. The number of benzene rings is 2. The SMILES string of the molecule is CN(c1cc(Cl)c2ncc(C#N)c(Nc3ccc(F)c(Cl)c3)c2c1)c1nnn2ccccc12. The Hall–Kier alpha value is -3.93. The first-order valence-electron chi connectivity index (χ1n) is 9.74. The molecule has 0 aliphatic rings. The Morgan fingerprint density at radius 3 is 2.76 bits per heavy atom. The fraction of sp³-hybridized carbons (Fsp3) is 0.0435.